The summed E-state index contributed by atoms with van der Waals surface area (Å²) in [5.41, 5.74) is 4.17. The second kappa shape index (κ2) is 15.4. The Balaban J connectivity index is 2.07. The monoisotopic (exact) mass is 595 g/mol. The molecule has 0 aromatic heterocycles. The SMILES string of the molecule is C=CCN1C[C@H](C)N(C(c2ccc(C(=O)N(CC)CC)cc2)c2cccc(C(C)(C)C(O[SiH2]C)O[SiH2]C)c2)C[C@@H]1C. The Kier molecular flexibility index (Phi) is 12.6. The van der Waals surface area contributed by atoms with Crippen LogP contribution in [0.25, 0.3) is 0 Å². The second-order valence-corrected chi connectivity index (χ2v) is 13.6. The highest BCUT2D eigenvalue weighted by Gasteiger charge is 2.36. The third-order valence-corrected chi connectivity index (χ3v) is 9.83. The van der Waals surface area contributed by atoms with Crippen LogP contribution >= 0.6 is 0 Å². The highest BCUT2D eigenvalue weighted by atomic mass is 28.2. The molecule has 3 atom stereocenters. The van der Waals surface area contributed by atoms with E-state index in [-0.39, 0.29) is 23.7 Å². The van der Waals surface area contributed by atoms with Gasteiger partial charge in [-0.2, -0.15) is 0 Å². The van der Waals surface area contributed by atoms with Crippen LogP contribution in [0.3, 0.4) is 0 Å². The molecule has 226 valence electrons. The van der Waals surface area contributed by atoms with E-state index in [1.54, 1.807) is 0 Å². The molecule has 0 bridgehead atoms. The third-order valence-electron chi connectivity index (χ3n) is 8.55. The predicted octanol–water partition coefficient (Wildman–Crippen LogP) is 4.74. The smallest absolute Gasteiger partial charge is 0.253 e. The average Bonchev–Trinajstić information content (AvgIpc) is 2.96. The van der Waals surface area contributed by atoms with Crippen molar-refractivity contribution in [2.24, 2.45) is 0 Å². The third kappa shape index (κ3) is 7.86. The summed E-state index contributed by atoms with van der Waals surface area (Å²) in [6.07, 6.45) is 1.79. The van der Waals surface area contributed by atoms with Crippen LogP contribution < -0.4 is 0 Å². The molecule has 1 heterocycles. The molecule has 41 heavy (non-hydrogen) atoms. The molecule has 0 radical (unpaired) electrons. The first kappa shape index (κ1) is 33.4. The molecule has 8 heteroatoms. The largest absolute Gasteiger partial charge is 0.400 e. The summed E-state index contributed by atoms with van der Waals surface area (Å²) in [7, 11) is -1.24. The molecule has 0 saturated carbocycles. The minimum Gasteiger partial charge on any atom is -0.400 e. The summed E-state index contributed by atoms with van der Waals surface area (Å²) >= 11 is 0. The Hall–Kier alpha value is -2.08. The summed E-state index contributed by atoms with van der Waals surface area (Å²) < 4.78 is 12.5. The normalized spacial score (nSPS) is 20.6. The van der Waals surface area contributed by atoms with E-state index in [2.05, 4.69) is 93.6 Å². The Morgan fingerprint density at radius 3 is 2.22 bits per heavy atom. The van der Waals surface area contributed by atoms with E-state index in [1.165, 1.54) is 16.7 Å². The van der Waals surface area contributed by atoms with E-state index in [4.69, 9.17) is 8.85 Å². The van der Waals surface area contributed by atoms with Crippen LogP contribution in [0.2, 0.25) is 13.1 Å². The Bertz CT molecular complexity index is 1120. The topological polar surface area (TPSA) is 45.2 Å². The van der Waals surface area contributed by atoms with Crippen molar-refractivity contribution in [2.45, 2.75) is 84.5 Å². The van der Waals surface area contributed by atoms with E-state index < -0.39 is 19.5 Å². The number of piperazine rings is 1. The van der Waals surface area contributed by atoms with Crippen molar-refractivity contribution in [3.63, 3.8) is 0 Å². The Labute approximate surface area is 254 Å². The number of rotatable bonds is 14. The van der Waals surface area contributed by atoms with Crippen LogP contribution in [0, 0.1) is 0 Å². The molecule has 0 spiro atoms. The molecular formula is C33H53N3O3Si2. The lowest BCUT2D eigenvalue weighted by atomic mass is 9.81. The molecule has 1 aliphatic heterocycles. The van der Waals surface area contributed by atoms with Crippen molar-refractivity contribution in [3.05, 3.63) is 83.4 Å². The quantitative estimate of drug-likeness (QED) is 0.179. The first-order chi connectivity index (χ1) is 19.6. The molecule has 1 amide bonds. The van der Waals surface area contributed by atoms with Gasteiger partial charge in [0.05, 0.1) is 6.04 Å². The number of amides is 1. The van der Waals surface area contributed by atoms with Crippen molar-refractivity contribution in [1.29, 1.82) is 0 Å². The molecular weight excluding hydrogens is 543 g/mol. The van der Waals surface area contributed by atoms with Gasteiger partial charge in [0, 0.05) is 55.8 Å². The lowest BCUT2D eigenvalue weighted by Gasteiger charge is -2.47. The summed E-state index contributed by atoms with van der Waals surface area (Å²) in [5.74, 6) is 0.0897. The van der Waals surface area contributed by atoms with Gasteiger partial charge >= 0.3 is 0 Å². The van der Waals surface area contributed by atoms with Gasteiger partial charge < -0.3 is 13.8 Å². The lowest BCUT2D eigenvalue weighted by molar-refractivity contribution is -0.0433. The Morgan fingerprint density at radius 1 is 1.02 bits per heavy atom. The molecule has 1 aliphatic rings. The number of carbonyl (C=O) groups is 1. The van der Waals surface area contributed by atoms with Gasteiger partial charge in [0.1, 0.15) is 6.29 Å². The van der Waals surface area contributed by atoms with Crippen LogP contribution in [0.1, 0.15) is 74.6 Å². The summed E-state index contributed by atoms with van der Waals surface area (Å²) in [4.78, 5) is 20.1. The van der Waals surface area contributed by atoms with Crippen LogP contribution in [0.5, 0.6) is 0 Å². The van der Waals surface area contributed by atoms with Crippen molar-refractivity contribution in [3.8, 4) is 0 Å². The summed E-state index contributed by atoms with van der Waals surface area (Å²) in [6, 6.07) is 18.2. The molecule has 1 fully saturated rings. The maximum Gasteiger partial charge on any atom is 0.253 e. The van der Waals surface area contributed by atoms with Gasteiger partial charge in [-0.3, -0.25) is 14.6 Å². The highest BCUT2D eigenvalue weighted by Crippen LogP contribution is 2.37. The lowest BCUT2D eigenvalue weighted by Crippen LogP contribution is -2.57. The van der Waals surface area contributed by atoms with Crippen LogP contribution in [-0.4, -0.2) is 91.2 Å². The van der Waals surface area contributed by atoms with E-state index in [0.717, 1.165) is 25.2 Å². The first-order valence-electron chi connectivity index (χ1n) is 15.5. The zero-order chi connectivity index (χ0) is 30.2. The van der Waals surface area contributed by atoms with Gasteiger partial charge in [0.15, 0.2) is 19.5 Å². The van der Waals surface area contributed by atoms with Gasteiger partial charge in [-0.1, -0.05) is 69.4 Å². The molecule has 0 aliphatic carbocycles. The zero-order valence-electron chi connectivity index (χ0n) is 26.7. The first-order valence-corrected chi connectivity index (χ1v) is 19.4. The number of carbonyl (C=O) groups excluding carboxylic acids is 1. The van der Waals surface area contributed by atoms with Crippen LogP contribution in [-0.2, 0) is 14.3 Å². The number of hydrogen-bond acceptors (Lipinski definition) is 5. The minimum atomic E-state index is -0.618. The molecule has 1 saturated heterocycles. The van der Waals surface area contributed by atoms with E-state index in [1.807, 2.05) is 37.0 Å². The van der Waals surface area contributed by atoms with Gasteiger partial charge in [0.2, 0.25) is 0 Å². The fourth-order valence-corrected chi connectivity index (χ4v) is 7.92. The van der Waals surface area contributed by atoms with Crippen LogP contribution in [0.4, 0.5) is 0 Å². The maximum absolute atomic E-state index is 13.1. The highest BCUT2D eigenvalue weighted by molar-refractivity contribution is 6.26. The van der Waals surface area contributed by atoms with Gasteiger partial charge in [-0.05, 0) is 56.5 Å². The fraction of sp³-hybridized carbons (Fsp3) is 0.545. The van der Waals surface area contributed by atoms with Crippen LogP contribution in [0.15, 0.2) is 61.2 Å². The fourth-order valence-electron chi connectivity index (χ4n) is 6.09. The van der Waals surface area contributed by atoms with Crippen molar-refractivity contribution in [1.82, 2.24) is 14.7 Å². The zero-order valence-corrected chi connectivity index (χ0v) is 29.6. The summed E-state index contributed by atoms with van der Waals surface area (Å²) in [6.45, 7) is 25.8. The van der Waals surface area contributed by atoms with E-state index >= 15 is 0 Å². The van der Waals surface area contributed by atoms with Crippen molar-refractivity contribution >= 4 is 25.4 Å². The maximum atomic E-state index is 13.1. The Morgan fingerprint density at radius 2 is 1.66 bits per heavy atom. The molecule has 6 nitrogen and oxygen atoms in total. The van der Waals surface area contributed by atoms with E-state index in [0.29, 0.717) is 25.2 Å². The van der Waals surface area contributed by atoms with Crippen molar-refractivity contribution in [2.75, 3.05) is 32.7 Å². The molecule has 2 aromatic carbocycles. The second-order valence-electron chi connectivity index (χ2n) is 11.7. The molecule has 1 unspecified atom stereocenters. The predicted molar refractivity (Wildman–Crippen MR) is 177 cm³/mol. The average molecular weight is 596 g/mol. The number of nitrogens with zero attached hydrogens (tertiary/aromatic N) is 3. The van der Waals surface area contributed by atoms with Gasteiger partial charge in [-0.15, -0.1) is 6.58 Å². The standard InChI is InChI=1S/C33H53N3O3Si2/c1-10-20-35-22-25(5)36(23-24(35)4)30(26-16-18-27(19-17-26)31(37)34(11-2)12-3)28-14-13-15-29(21-28)33(6,7)32(38-40-8)39-41-9/h10,13-19,21,24-25,30,32H,1,11-12,20,22-23,40-41H2,2-9H3/t24-,25-,30?/m0/s1. The molecule has 2 aromatic rings. The summed E-state index contributed by atoms with van der Waals surface area (Å²) in [5, 5.41) is 0. The van der Waals surface area contributed by atoms with Crippen molar-refractivity contribution < 1.29 is 13.6 Å². The van der Waals surface area contributed by atoms with Gasteiger partial charge in [0.25, 0.3) is 5.91 Å². The molecule has 0 N–H and O–H groups in total. The van der Waals surface area contributed by atoms with E-state index in [9.17, 15) is 4.79 Å². The van der Waals surface area contributed by atoms with Gasteiger partial charge in [-0.25, -0.2) is 0 Å². The number of benzene rings is 2. The number of hydrogen-bond donors (Lipinski definition) is 0. The molecule has 3 rings (SSSR count). The minimum absolute atomic E-state index is 0.0630.